The second-order valence-electron chi connectivity index (χ2n) is 3.04. The molecule has 0 aliphatic rings. The summed E-state index contributed by atoms with van der Waals surface area (Å²) in [7, 11) is 1.45. The van der Waals surface area contributed by atoms with Crippen LogP contribution in [0.15, 0.2) is 12.7 Å². The highest BCUT2D eigenvalue weighted by Crippen LogP contribution is 2.22. The zero-order chi connectivity index (χ0) is 13.0. The number of nitrogens with two attached hydrogens (primary N) is 1. The molecule has 0 aliphatic carbocycles. The van der Waals surface area contributed by atoms with Gasteiger partial charge >= 0.3 is 0 Å². The van der Waals surface area contributed by atoms with Crippen molar-refractivity contribution in [2.45, 2.75) is 6.54 Å². The van der Waals surface area contributed by atoms with Crippen molar-refractivity contribution in [2.24, 2.45) is 5.84 Å². The highest BCUT2D eigenvalue weighted by atomic mass is 35.5. The maximum atomic E-state index is 11.7. The minimum atomic E-state index is -0.446. The van der Waals surface area contributed by atoms with Crippen molar-refractivity contribution in [1.29, 1.82) is 0 Å². The Balaban J connectivity index is 3.39. The molecule has 3 N–H and O–H groups in total. The Morgan fingerprint density at radius 1 is 1.76 bits per heavy atom. The maximum Gasteiger partial charge on any atom is 0.271 e. The van der Waals surface area contributed by atoms with Crippen molar-refractivity contribution in [3.8, 4) is 0 Å². The molecule has 0 bridgehead atoms. The van der Waals surface area contributed by atoms with Crippen molar-refractivity contribution in [2.75, 3.05) is 12.1 Å². The Hall–Kier alpha value is -1.86. The molecule has 0 spiro atoms. The molecule has 0 saturated heterocycles. The van der Waals surface area contributed by atoms with Gasteiger partial charge in [-0.15, -0.1) is 6.58 Å². The Kier molecular flexibility index (Phi) is 4.24. The Bertz CT molecular complexity index is 456. The van der Waals surface area contributed by atoms with Gasteiger partial charge in [-0.2, -0.15) is 4.98 Å². The molecule has 7 nitrogen and oxygen atoms in total. The van der Waals surface area contributed by atoms with E-state index in [-0.39, 0.29) is 23.3 Å². The van der Waals surface area contributed by atoms with E-state index in [0.29, 0.717) is 11.4 Å². The number of halogens is 1. The van der Waals surface area contributed by atoms with E-state index in [1.165, 1.54) is 11.6 Å². The lowest BCUT2D eigenvalue weighted by molar-refractivity contribution is -0.107. The molecule has 0 atom stereocenters. The van der Waals surface area contributed by atoms with Gasteiger partial charge in [0.05, 0.1) is 0 Å². The van der Waals surface area contributed by atoms with Crippen molar-refractivity contribution < 1.29 is 9.59 Å². The van der Waals surface area contributed by atoms with Crippen LogP contribution in [0.2, 0.25) is 5.28 Å². The smallest absolute Gasteiger partial charge is 0.271 e. The van der Waals surface area contributed by atoms with Gasteiger partial charge in [0.15, 0.2) is 11.5 Å². The number of rotatable bonds is 5. The Morgan fingerprint density at radius 2 is 2.41 bits per heavy atom. The SMILES string of the molecule is C=CCn1c(Cl)nc(N(N)C=O)c1C(=O)NC. The molecule has 1 rings (SSSR count). The summed E-state index contributed by atoms with van der Waals surface area (Å²) in [5.41, 5.74) is 0.104. The molecule has 8 heteroatoms. The monoisotopic (exact) mass is 257 g/mol. The molecular formula is C9H12ClN5O2. The van der Waals surface area contributed by atoms with E-state index < -0.39 is 5.91 Å². The van der Waals surface area contributed by atoms with E-state index in [4.69, 9.17) is 17.4 Å². The van der Waals surface area contributed by atoms with Crippen LogP contribution >= 0.6 is 11.6 Å². The van der Waals surface area contributed by atoms with Crippen molar-refractivity contribution >= 4 is 29.7 Å². The van der Waals surface area contributed by atoms with E-state index in [2.05, 4.69) is 16.9 Å². The highest BCUT2D eigenvalue weighted by Gasteiger charge is 2.23. The largest absolute Gasteiger partial charge is 0.354 e. The van der Waals surface area contributed by atoms with E-state index in [0.717, 1.165) is 0 Å². The third-order valence-electron chi connectivity index (χ3n) is 2.01. The molecular weight excluding hydrogens is 246 g/mol. The minimum Gasteiger partial charge on any atom is -0.354 e. The van der Waals surface area contributed by atoms with Crippen LogP contribution in [0.25, 0.3) is 0 Å². The fraction of sp³-hybridized carbons (Fsp3) is 0.222. The number of imidazole rings is 1. The van der Waals surface area contributed by atoms with Crippen LogP contribution in [0.1, 0.15) is 10.5 Å². The van der Waals surface area contributed by atoms with Crippen molar-refractivity contribution in [1.82, 2.24) is 14.9 Å². The van der Waals surface area contributed by atoms with Crippen molar-refractivity contribution in [3.05, 3.63) is 23.6 Å². The summed E-state index contributed by atoms with van der Waals surface area (Å²) in [5.74, 6) is 4.94. The normalized spacial score (nSPS) is 9.82. The molecule has 1 heterocycles. The number of carbonyl (C=O) groups is 2. The average Bonchev–Trinajstić information content (AvgIpc) is 2.65. The number of carbonyl (C=O) groups excluding carboxylic acids is 2. The van der Waals surface area contributed by atoms with E-state index in [1.807, 2.05) is 0 Å². The molecule has 0 saturated carbocycles. The molecule has 92 valence electrons. The first kappa shape index (κ1) is 13.2. The van der Waals surface area contributed by atoms with Gasteiger partial charge in [-0.05, 0) is 11.6 Å². The first-order valence-corrected chi connectivity index (χ1v) is 5.02. The van der Waals surface area contributed by atoms with E-state index in [9.17, 15) is 9.59 Å². The number of nitrogens with one attached hydrogen (secondary N) is 1. The van der Waals surface area contributed by atoms with Gasteiger partial charge in [-0.1, -0.05) is 6.08 Å². The fourth-order valence-electron chi connectivity index (χ4n) is 1.28. The first-order chi connectivity index (χ1) is 8.06. The van der Waals surface area contributed by atoms with Crippen LogP contribution in [0.5, 0.6) is 0 Å². The molecule has 1 aromatic heterocycles. The lowest BCUT2D eigenvalue weighted by atomic mass is 10.3. The molecule has 0 radical (unpaired) electrons. The third-order valence-corrected chi connectivity index (χ3v) is 2.30. The summed E-state index contributed by atoms with van der Waals surface area (Å²) in [6.45, 7) is 3.82. The predicted molar refractivity (Wildman–Crippen MR) is 63.6 cm³/mol. The Labute approximate surface area is 103 Å². The van der Waals surface area contributed by atoms with Crippen LogP contribution in [-0.2, 0) is 11.3 Å². The number of hydrazine groups is 1. The molecule has 17 heavy (non-hydrogen) atoms. The third kappa shape index (κ3) is 2.45. The predicted octanol–water partition coefficient (Wildman–Crippen LogP) is -0.0814. The zero-order valence-corrected chi connectivity index (χ0v) is 9.94. The van der Waals surface area contributed by atoms with Crippen molar-refractivity contribution in [3.63, 3.8) is 0 Å². The summed E-state index contributed by atoms with van der Waals surface area (Å²) < 4.78 is 1.39. The summed E-state index contributed by atoms with van der Waals surface area (Å²) >= 11 is 5.86. The van der Waals surface area contributed by atoms with Crippen LogP contribution in [0, 0.1) is 0 Å². The second kappa shape index (κ2) is 5.46. The number of aromatic nitrogens is 2. The minimum absolute atomic E-state index is 0.00815. The highest BCUT2D eigenvalue weighted by molar-refractivity contribution is 6.29. The zero-order valence-electron chi connectivity index (χ0n) is 9.18. The molecule has 1 aromatic rings. The number of hydrogen-bond acceptors (Lipinski definition) is 4. The second-order valence-corrected chi connectivity index (χ2v) is 3.38. The van der Waals surface area contributed by atoms with Crippen LogP contribution < -0.4 is 16.2 Å². The van der Waals surface area contributed by atoms with Gasteiger partial charge in [0.2, 0.25) is 11.7 Å². The quantitative estimate of drug-likeness (QED) is 0.254. The van der Waals surface area contributed by atoms with Crippen LogP contribution in [0.3, 0.4) is 0 Å². The van der Waals surface area contributed by atoms with Gasteiger partial charge in [-0.25, -0.2) is 10.9 Å². The van der Waals surface area contributed by atoms with Crippen LogP contribution in [-0.4, -0.2) is 28.9 Å². The molecule has 2 amide bonds. The fourth-order valence-corrected chi connectivity index (χ4v) is 1.52. The van der Waals surface area contributed by atoms with Gasteiger partial charge in [-0.3, -0.25) is 9.59 Å². The van der Waals surface area contributed by atoms with E-state index in [1.54, 1.807) is 6.08 Å². The summed E-state index contributed by atoms with van der Waals surface area (Å²) in [5, 5.41) is 3.16. The van der Waals surface area contributed by atoms with E-state index >= 15 is 0 Å². The lowest BCUT2D eigenvalue weighted by Gasteiger charge is -2.10. The topological polar surface area (TPSA) is 93.2 Å². The molecule has 0 aliphatic heterocycles. The molecule has 0 aromatic carbocycles. The van der Waals surface area contributed by atoms with Gasteiger partial charge in [0.1, 0.15) is 0 Å². The first-order valence-electron chi connectivity index (χ1n) is 4.65. The maximum absolute atomic E-state index is 11.7. The van der Waals surface area contributed by atoms with Gasteiger partial charge in [0, 0.05) is 13.6 Å². The number of allylic oxidation sites excluding steroid dienone is 1. The lowest BCUT2D eigenvalue weighted by Crippen LogP contribution is -2.33. The Morgan fingerprint density at radius 3 is 2.88 bits per heavy atom. The number of anilines is 1. The summed E-state index contributed by atoms with van der Waals surface area (Å²) in [6, 6.07) is 0. The van der Waals surface area contributed by atoms with Crippen LogP contribution in [0.4, 0.5) is 5.82 Å². The molecule has 0 unspecified atom stereocenters. The van der Waals surface area contributed by atoms with Gasteiger partial charge in [0.25, 0.3) is 5.91 Å². The summed E-state index contributed by atoms with van der Waals surface area (Å²) in [6.07, 6.45) is 1.88. The molecule has 0 fully saturated rings. The number of nitrogens with zero attached hydrogens (tertiary/aromatic N) is 3. The van der Waals surface area contributed by atoms with Gasteiger partial charge < -0.3 is 9.88 Å². The summed E-state index contributed by atoms with van der Waals surface area (Å²) in [4.78, 5) is 26.2. The average molecular weight is 258 g/mol. The number of amides is 2. The number of hydrogen-bond donors (Lipinski definition) is 2. The standard InChI is InChI=1S/C9H12ClN5O2/c1-3-4-14-6(8(17)12-2)7(13-9(14)10)15(11)5-16/h3,5H,1,4,11H2,2H3,(H,12,17).